The van der Waals surface area contributed by atoms with E-state index in [9.17, 15) is 8.42 Å². The van der Waals surface area contributed by atoms with Gasteiger partial charge in [0.1, 0.15) is 5.75 Å². The average molecular weight is 406 g/mol. The van der Waals surface area contributed by atoms with Gasteiger partial charge in [0.15, 0.2) is 0 Å². The molecule has 1 N–H and O–H groups in total. The number of methoxy groups -OCH3 is 1. The zero-order valence-corrected chi connectivity index (χ0v) is 16.8. The number of ether oxygens (including phenoxy) is 1. The molecule has 3 rings (SSSR count). The highest BCUT2D eigenvalue weighted by Crippen LogP contribution is 2.31. The van der Waals surface area contributed by atoms with Crippen molar-refractivity contribution < 1.29 is 13.2 Å². The van der Waals surface area contributed by atoms with Crippen LogP contribution in [0.1, 0.15) is 18.5 Å². The first-order valence-electron chi connectivity index (χ1n) is 8.25. The molecule has 0 bridgehead atoms. The van der Waals surface area contributed by atoms with Gasteiger partial charge in [-0.3, -0.25) is 4.68 Å². The van der Waals surface area contributed by atoms with Gasteiger partial charge < -0.3 is 4.74 Å². The van der Waals surface area contributed by atoms with Crippen LogP contribution in [-0.2, 0) is 17.1 Å². The minimum Gasteiger partial charge on any atom is -0.495 e. The van der Waals surface area contributed by atoms with Crippen molar-refractivity contribution in [3.8, 4) is 16.9 Å². The van der Waals surface area contributed by atoms with E-state index in [-0.39, 0.29) is 10.9 Å². The predicted molar refractivity (Wildman–Crippen MR) is 105 cm³/mol. The molecule has 2 aromatic carbocycles. The van der Waals surface area contributed by atoms with Gasteiger partial charge in [-0.05, 0) is 42.3 Å². The van der Waals surface area contributed by atoms with E-state index in [0.717, 1.165) is 16.7 Å². The second-order valence-electron chi connectivity index (χ2n) is 6.16. The molecule has 0 amide bonds. The van der Waals surface area contributed by atoms with Gasteiger partial charge in [-0.25, -0.2) is 13.1 Å². The molecule has 142 valence electrons. The van der Waals surface area contributed by atoms with Crippen molar-refractivity contribution in [2.24, 2.45) is 7.05 Å². The van der Waals surface area contributed by atoms with E-state index in [2.05, 4.69) is 9.82 Å². The van der Waals surface area contributed by atoms with Crippen LogP contribution in [0.25, 0.3) is 11.1 Å². The van der Waals surface area contributed by atoms with Crippen LogP contribution in [0, 0.1) is 0 Å². The third-order valence-electron chi connectivity index (χ3n) is 4.21. The third-order valence-corrected chi connectivity index (χ3v) is 6.07. The van der Waals surface area contributed by atoms with Crippen LogP contribution in [0.4, 0.5) is 0 Å². The highest BCUT2D eigenvalue weighted by Gasteiger charge is 2.19. The predicted octanol–water partition coefficient (Wildman–Crippen LogP) is 3.79. The first-order valence-corrected chi connectivity index (χ1v) is 10.1. The highest BCUT2D eigenvalue weighted by molar-refractivity contribution is 7.89. The van der Waals surface area contributed by atoms with E-state index in [1.807, 2.05) is 12.1 Å². The molecule has 0 aliphatic rings. The van der Waals surface area contributed by atoms with Gasteiger partial charge in [0, 0.05) is 24.8 Å². The quantitative estimate of drug-likeness (QED) is 0.677. The van der Waals surface area contributed by atoms with E-state index >= 15 is 0 Å². The Balaban J connectivity index is 1.81. The first-order chi connectivity index (χ1) is 12.8. The summed E-state index contributed by atoms with van der Waals surface area (Å²) in [6.07, 6.45) is 3.43. The fourth-order valence-electron chi connectivity index (χ4n) is 2.70. The molecule has 0 saturated carbocycles. The SMILES string of the molecule is COc1cc(-c2ccc(S(=O)(=O)NC(C)c3cnn(C)c3)cc2)ccc1Cl. The minimum absolute atomic E-state index is 0.197. The molecule has 0 fully saturated rings. The molecular formula is C19H20ClN3O3S. The molecule has 0 spiro atoms. The Morgan fingerprint density at radius 3 is 2.41 bits per heavy atom. The van der Waals surface area contributed by atoms with Crippen molar-refractivity contribution in [2.45, 2.75) is 17.9 Å². The molecule has 6 nitrogen and oxygen atoms in total. The molecule has 0 radical (unpaired) electrons. The zero-order chi connectivity index (χ0) is 19.6. The van der Waals surface area contributed by atoms with Crippen molar-refractivity contribution in [2.75, 3.05) is 7.11 Å². The molecular weight excluding hydrogens is 386 g/mol. The van der Waals surface area contributed by atoms with E-state index in [0.29, 0.717) is 10.8 Å². The van der Waals surface area contributed by atoms with Crippen LogP contribution < -0.4 is 9.46 Å². The van der Waals surface area contributed by atoms with Gasteiger partial charge in [-0.15, -0.1) is 0 Å². The lowest BCUT2D eigenvalue weighted by atomic mass is 10.1. The summed E-state index contributed by atoms with van der Waals surface area (Å²) in [5.41, 5.74) is 2.55. The van der Waals surface area contributed by atoms with Crippen LogP contribution in [0.15, 0.2) is 59.8 Å². The maximum Gasteiger partial charge on any atom is 0.241 e. The summed E-state index contributed by atoms with van der Waals surface area (Å²) in [6.45, 7) is 1.78. The van der Waals surface area contributed by atoms with Crippen LogP contribution in [0.3, 0.4) is 0 Å². The van der Waals surface area contributed by atoms with E-state index < -0.39 is 10.0 Å². The van der Waals surface area contributed by atoms with Crippen LogP contribution >= 0.6 is 11.6 Å². The summed E-state index contributed by atoms with van der Waals surface area (Å²) < 4.78 is 34.8. The molecule has 1 aromatic heterocycles. The molecule has 27 heavy (non-hydrogen) atoms. The van der Waals surface area contributed by atoms with Crippen LogP contribution in [0.5, 0.6) is 5.75 Å². The Morgan fingerprint density at radius 1 is 1.15 bits per heavy atom. The normalized spacial score (nSPS) is 12.7. The van der Waals surface area contributed by atoms with E-state index in [1.165, 1.54) is 0 Å². The van der Waals surface area contributed by atoms with E-state index in [4.69, 9.17) is 16.3 Å². The second-order valence-corrected chi connectivity index (χ2v) is 8.29. The molecule has 1 heterocycles. The van der Waals surface area contributed by atoms with Gasteiger partial charge in [0.2, 0.25) is 10.0 Å². The largest absolute Gasteiger partial charge is 0.495 e. The Labute approximate surface area is 163 Å². The summed E-state index contributed by atoms with van der Waals surface area (Å²) in [4.78, 5) is 0.197. The Morgan fingerprint density at radius 2 is 1.81 bits per heavy atom. The van der Waals surface area contributed by atoms with Gasteiger partial charge in [-0.2, -0.15) is 5.10 Å². The van der Waals surface area contributed by atoms with Crippen LogP contribution in [0.2, 0.25) is 5.02 Å². The number of nitrogens with one attached hydrogen (secondary N) is 1. The van der Waals surface area contributed by atoms with Crippen LogP contribution in [-0.4, -0.2) is 25.3 Å². The molecule has 0 aliphatic carbocycles. The monoisotopic (exact) mass is 405 g/mol. The zero-order valence-electron chi connectivity index (χ0n) is 15.2. The number of hydrogen-bond donors (Lipinski definition) is 1. The van der Waals surface area contributed by atoms with Gasteiger partial charge >= 0.3 is 0 Å². The average Bonchev–Trinajstić information content (AvgIpc) is 3.08. The van der Waals surface area contributed by atoms with Gasteiger partial charge in [0.25, 0.3) is 0 Å². The summed E-state index contributed by atoms with van der Waals surface area (Å²) in [6, 6.07) is 11.7. The minimum atomic E-state index is -3.65. The second kappa shape index (κ2) is 7.72. The standard InChI is InChI=1S/C19H20ClN3O3S/c1-13(16-11-21-23(2)12-16)22-27(24,25)17-7-4-14(5-8-17)15-6-9-18(20)19(10-15)26-3/h4-13,22H,1-3H3. The number of hydrogen-bond acceptors (Lipinski definition) is 4. The lowest BCUT2D eigenvalue weighted by Gasteiger charge is -2.13. The summed E-state index contributed by atoms with van der Waals surface area (Å²) in [7, 11) is -0.311. The molecule has 0 saturated heterocycles. The summed E-state index contributed by atoms with van der Waals surface area (Å²) in [5, 5.41) is 4.59. The fourth-order valence-corrected chi connectivity index (χ4v) is 4.13. The highest BCUT2D eigenvalue weighted by atomic mass is 35.5. The third kappa shape index (κ3) is 4.32. The molecule has 3 aromatic rings. The van der Waals surface area contributed by atoms with Crippen molar-refractivity contribution in [1.82, 2.24) is 14.5 Å². The Kier molecular flexibility index (Phi) is 5.55. The fraction of sp³-hybridized carbons (Fsp3) is 0.211. The maximum absolute atomic E-state index is 12.6. The topological polar surface area (TPSA) is 73.2 Å². The summed E-state index contributed by atoms with van der Waals surface area (Å²) >= 11 is 6.05. The molecule has 1 atom stereocenters. The maximum atomic E-state index is 12.6. The van der Waals surface area contributed by atoms with Crippen molar-refractivity contribution in [3.63, 3.8) is 0 Å². The Hall–Kier alpha value is -2.35. The van der Waals surface area contributed by atoms with Crippen molar-refractivity contribution >= 4 is 21.6 Å². The number of halogens is 1. The molecule has 8 heteroatoms. The first kappa shape index (κ1) is 19.4. The van der Waals surface area contributed by atoms with Gasteiger partial charge in [-0.1, -0.05) is 29.8 Å². The number of aryl methyl sites for hydroxylation is 1. The molecule has 1 unspecified atom stereocenters. The lowest BCUT2D eigenvalue weighted by molar-refractivity contribution is 0.415. The number of aromatic nitrogens is 2. The Bertz CT molecular complexity index is 1050. The number of rotatable bonds is 6. The smallest absolute Gasteiger partial charge is 0.241 e. The van der Waals surface area contributed by atoms with Crippen molar-refractivity contribution in [1.29, 1.82) is 0 Å². The lowest BCUT2D eigenvalue weighted by Crippen LogP contribution is -2.26. The van der Waals surface area contributed by atoms with Gasteiger partial charge in [0.05, 0.1) is 23.2 Å². The van der Waals surface area contributed by atoms with Crippen molar-refractivity contribution in [3.05, 3.63) is 65.4 Å². The van der Waals surface area contributed by atoms with E-state index in [1.54, 1.807) is 68.5 Å². The molecule has 0 aliphatic heterocycles. The number of sulfonamides is 1. The number of nitrogens with zero attached hydrogens (tertiary/aromatic N) is 2. The summed E-state index contributed by atoms with van der Waals surface area (Å²) in [5.74, 6) is 0.567. The number of benzene rings is 2.